The Morgan fingerprint density at radius 3 is 2.47 bits per heavy atom. The zero-order valence-corrected chi connectivity index (χ0v) is 13.5. The average Bonchev–Trinajstić information content (AvgIpc) is 2.70. The van der Waals surface area contributed by atoms with Gasteiger partial charge in [0.1, 0.15) is 11.6 Å². The minimum absolute atomic E-state index is 0.302. The van der Waals surface area contributed by atoms with Crippen molar-refractivity contribution in [3.8, 4) is 0 Å². The maximum Gasteiger partial charge on any atom is 0.411 e. The number of hydrogen-bond acceptors (Lipinski definition) is 4. The van der Waals surface area contributed by atoms with Gasteiger partial charge in [-0.2, -0.15) is 0 Å². The largest absolute Gasteiger partial charge is 0.467 e. The average molecular weight is 336 g/mol. The fraction of sp³-hybridized carbons (Fsp3) is 0.846. The van der Waals surface area contributed by atoms with Gasteiger partial charge in [-0.1, -0.05) is 15.9 Å². The second-order valence-corrected chi connectivity index (χ2v) is 6.54. The number of hydrogen-bond donors (Lipinski definition) is 0. The summed E-state index contributed by atoms with van der Waals surface area (Å²) < 4.78 is 10.1. The lowest BCUT2D eigenvalue weighted by Crippen LogP contribution is -2.43. The number of amides is 1. The Bertz CT molecular complexity index is 340. The van der Waals surface area contributed by atoms with Crippen LogP contribution in [-0.4, -0.2) is 47.6 Å². The highest BCUT2D eigenvalue weighted by atomic mass is 79.9. The van der Waals surface area contributed by atoms with Crippen LogP contribution >= 0.6 is 15.9 Å². The van der Waals surface area contributed by atoms with Crippen LogP contribution in [0.4, 0.5) is 4.79 Å². The third kappa shape index (κ3) is 4.67. The number of nitrogens with zero attached hydrogens (tertiary/aromatic N) is 1. The smallest absolute Gasteiger partial charge is 0.411 e. The quantitative estimate of drug-likeness (QED) is 0.587. The maximum atomic E-state index is 12.1. The first-order valence-electron chi connectivity index (χ1n) is 6.42. The van der Waals surface area contributed by atoms with Crippen molar-refractivity contribution in [1.82, 2.24) is 4.90 Å². The van der Waals surface area contributed by atoms with E-state index < -0.39 is 17.7 Å². The Morgan fingerprint density at radius 2 is 2.00 bits per heavy atom. The van der Waals surface area contributed by atoms with Crippen molar-refractivity contribution in [1.29, 1.82) is 0 Å². The van der Waals surface area contributed by atoms with Crippen LogP contribution in [-0.2, 0) is 14.3 Å². The van der Waals surface area contributed by atoms with Gasteiger partial charge in [-0.05, 0) is 39.5 Å². The summed E-state index contributed by atoms with van der Waals surface area (Å²) >= 11 is 3.39. The molecule has 2 atom stereocenters. The summed E-state index contributed by atoms with van der Waals surface area (Å²) in [5.41, 5.74) is -0.564. The molecule has 1 aliphatic rings. The van der Waals surface area contributed by atoms with Gasteiger partial charge in [0.25, 0.3) is 0 Å². The van der Waals surface area contributed by atoms with Gasteiger partial charge in [-0.3, -0.25) is 4.90 Å². The fourth-order valence-corrected chi connectivity index (χ4v) is 2.82. The molecular formula is C13H22BrNO4. The second kappa shape index (κ2) is 6.59. The van der Waals surface area contributed by atoms with Crippen molar-refractivity contribution in [3.05, 3.63) is 0 Å². The standard InChI is InChI=1S/C13H22BrNO4/c1-13(2,3)19-12(17)15-8-9(5-6-14)7-10(15)11(16)18-4/h9-10H,5-8H2,1-4H3. The van der Waals surface area contributed by atoms with Crippen LogP contribution in [0.3, 0.4) is 0 Å². The number of likely N-dealkylation sites (tertiary alicyclic amines) is 1. The van der Waals surface area contributed by atoms with Crippen LogP contribution in [0.1, 0.15) is 33.6 Å². The number of ether oxygens (including phenoxy) is 2. The van der Waals surface area contributed by atoms with Crippen LogP contribution < -0.4 is 0 Å². The molecule has 1 aliphatic heterocycles. The Morgan fingerprint density at radius 1 is 1.37 bits per heavy atom. The van der Waals surface area contributed by atoms with Crippen molar-refractivity contribution in [2.24, 2.45) is 5.92 Å². The Hall–Kier alpha value is -0.780. The summed E-state index contributed by atoms with van der Waals surface area (Å²) in [7, 11) is 1.34. The van der Waals surface area contributed by atoms with E-state index in [9.17, 15) is 9.59 Å². The molecule has 0 aromatic carbocycles. The van der Waals surface area contributed by atoms with E-state index in [1.165, 1.54) is 12.0 Å². The number of methoxy groups -OCH3 is 1. The Labute approximate surface area is 122 Å². The Kier molecular flexibility index (Phi) is 5.64. The first-order valence-corrected chi connectivity index (χ1v) is 7.54. The van der Waals surface area contributed by atoms with Gasteiger partial charge in [0.15, 0.2) is 0 Å². The molecule has 6 heteroatoms. The highest BCUT2D eigenvalue weighted by Crippen LogP contribution is 2.28. The zero-order chi connectivity index (χ0) is 14.6. The van der Waals surface area contributed by atoms with Crippen LogP contribution in [0.25, 0.3) is 0 Å². The van der Waals surface area contributed by atoms with E-state index in [2.05, 4.69) is 15.9 Å². The van der Waals surface area contributed by atoms with Gasteiger partial charge in [-0.25, -0.2) is 9.59 Å². The summed E-state index contributed by atoms with van der Waals surface area (Å²) in [6.07, 6.45) is 1.12. The van der Waals surface area contributed by atoms with Gasteiger partial charge in [0.2, 0.25) is 0 Å². The van der Waals surface area contributed by atoms with E-state index >= 15 is 0 Å². The van der Waals surface area contributed by atoms with Gasteiger partial charge in [-0.15, -0.1) is 0 Å². The second-order valence-electron chi connectivity index (χ2n) is 5.75. The van der Waals surface area contributed by atoms with E-state index in [1.54, 1.807) is 0 Å². The Balaban J connectivity index is 2.76. The number of halogens is 1. The minimum atomic E-state index is -0.564. The molecule has 0 aliphatic carbocycles. The third-order valence-electron chi connectivity index (χ3n) is 3.01. The number of esters is 1. The molecule has 0 N–H and O–H groups in total. The lowest BCUT2D eigenvalue weighted by atomic mass is 10.0. The molecular weight excluding hydrogens is 314 g/mol. The number of carbonyl (C=O) groups excluding carboxylic acids is 2. The van der Waals surface area contributed by atoms with Crippen LogP contribution in [0.15, 0.2) is 0 Å². The summed E-state index contributed by atoms with van der Waals surface area (Å²) in [6.45, 7) is 5.97. The van der Waals surface area contributed by atoms with Crippen LogP contribution in [0.2, 0.25) is 0 Å². The summed E-state index contributed by atoms with van der Waals surface area (Å²) in [6, 6.07) is -0.524. The lowest BCUT2D eigenvalue weighted by Gasteiger charge is -2.27. The molecule has 1 rings (SSSR count). The summed E-state index contributed by atoms with van der Waals surface area (Å²) in [4.78, 5) is 25.4. The normalized spacial score (nSPS) is 23.3. The molecule has 0 bridgehead atoms. The summed E-state index contributed by atoms with van der Waals surface area (Å²) in [5.74, 6) is -0.0704. The number of rotatable bonds is 3. The first-order chi connectivity index (χ1) is 8.78. The fourth-order valence-electron chi connectivity index (χ4n) is 2.17. The molecule has 1 amide bonds. The van der Waals surface area contributed by atoms with E-state index in [-0.39, 0.29) is 5.97 Å². The molecule has 110 valence electrons. The maximum absolute atomic E-state index is 12.1. The SMILES string of the molecule is COC(=O)C1CC(CCBr)CN1C(=O)OC(C)(C)C. The van der Waals surface area contributed by atoms with Crippen molar-refractivity contribution in [2.75, 3.05) is 19.0 Å². The molecule has 1 saturated heterocycles. The molecule has 1 heterocycles. The van der Waals surface area contributed by atoms with Gasteiger partial charge >= 0.3 is 12.1 Å². The topological polar surface area (TPSA) is 55.8 Å². The highest BCUT2D eigenvalue weighted by Gasteiger charge is 2.41. The van der Waals surface area contributed by atoms with E-state index in [1.807, 2.05) is 20.8 Å². The predicted octanol–water partition coefficient (Wildman–Crippen LogP) is 2.57. The molecule has 0 aromatic heterocycles. The molecule has 5 nitrogen and oxygen atoms in total. The van der Waals surface area contributed by atoms with Gasteiger partial charge in [0.05, 0.1) is 7.11 Å². The highest BCUT2D eigenvalue weighted by molar-refractivity contribution is 9.09. The minimum Gasteiger partial charge on any atom is -0.467 e. The monoisotopic (exact) mass is 335 g/mol. The third-order valence-corrected chi connectivity index (χ3v) is 3.46. The van der Waals surface area contributed by atoms with E-state index in [4.69, 9.17) is 9.47 Å². The molecule has 2 unspecified atom stereocenters. The molecule has 19 heavy (non-hydrogen) atoms. The molecule has 0 radical (unpaired) electrons. The van der Waals surface area contributed by atoms with Gasteiger partial charge < -0.3 is 9.47 Å². The molecule has 0 spiro atoms. The van der Waals surface area contributed by atoms with Crippen LogP contribution in [0.5, 0.6) is 0 Å². The molecule has 1 fully saturated rings. The van der Waals surface area contributed by atoms with Crippen LogP contribution in [0, 0.1) is 5.92 Å². The van der Waals surface area contributed by atoms with E-state index in [0.717, 1.165) is 11.8 Å². The number of alkyl halides is 1. The first kappa shape index (κ1) is 16.3. The van der Waals surface area contributed by atoms with Crippen molar-refractivity contribution in [2.45, 2.75) is 45.3 Å². The van der Waals surface area contributed by atoms with Crippen molar-refractivity contribution >= 4 is 28.0 Å². The van der Waals surface area contributed by atoms with E-state index in [0.29, 0.717) is 18.9 Å². The molecule has 0 aromatic rings. The predicted molar refractivity (Wildman–Crippen MR) is 75.3 cm³/mol. The number of carbonyl (C=O) groups is 2. The molecule has 0 saturated carbocycles. The van der Waals surface area contributed by atoms with Crippen molar-refractivity contribution in [3.63, 3.8) is 0 Å². The summed E-state index contributed by atoms with van der Waals surface area (Å²) in [5, 5.41) is 0.855. The zero-order valence-electron chi connectivity index (χ0n) is 11.9. The van der Waals surface area contributed by atoms with Crippen molar-refractivity contribution < 1.29 is 19.1 Å². The van der Waals surface area contributed by atoms with Gasteiger partial charge in [0, 0.05) is 11.9 Å². The lowest BCUT2D eigenvalue weighted by molar-refractivity contribution is -0.145.